The largest absolute Gasteiger partial charge is 0.420 e. The molecule has 0 spiro atoms. The summed E-state index contributed by atoms with van der Waals surface area (Å²) in [6.45, 7) is 2.26. The number of benzene rings is 1. The first-order valence-electron chi connectivity index (χ1n) is 9.14. The molecule has 1 aromatic heterocycles. The van der Waals surface area contributed by atoms with Crippen LogP contribution in [0.25, 0.3) is 11.1 Å². The van der Waals surface area contributed by atoms with Gasteiger partial charge < -0.3 is 4.42 Å². The highest BCUT2D eigenvalue weighted by molar-refractivity contribution is 5.72. The summed E-state index contributed by atoms with van der Waals surface area (Å²) in [6.07, 6.45) is 7.93. The summed E-state index contributed by atoms with van der Waals surface area (Å²) in [7, 11) is 0. The van der Waals surface area contributed by atoms with Gasteiger partial charge in [-0.3, -0.25) is 9.47 Å². The second kappa shape index (κ2) is 5.23. The molecule has 2 aromatic rings. The van der Waals surface area contributed by atoms with E-state index in [2.05, 4.69) is 4.90 Å². The Morgan fingerprint density at radius 2 is 1.83 bits per heavy atom. The Morgan fingerprint density at radius 1 is 1.00 bits per heavy atom. The number of aromatic nitrogens is 1. The first-order valence-corrected chi connectivity index (χ1v) is 9.14. The summed E-state index contributed by atoms with van der Waals surface area (Å²) in [5.74, 6) is 1.77. The van der Waals surface area contributed by atoms with Crippen LogP contribution in [0.15, 0.2) is 33.5 Å². The summed E-state index contributed by atoms with van der Waals surface area (Å²) in [5, 5.41) is 0. The normalized spacial score (nSPS) is 32.1. The number of rotatable bonds is 2. The quantitative estimate of drug-likeness (QED) is 0.853. The third-order valence-electron chi connectivity index (χ3n) is 6.55. The zero-order valence-corrected chi connectivity index (χ0v) is 13.5. The molecule has 2 bridgehead atoms. The van der Waals surface area contributed by atoms with Gasteiger partial charge in [0.2, 0.25) is 0 Å². The molecule has 3 fully saturated rings. The standard InChI is InChI=1S/C19H24N2O2/c22-19-21(16-3-1-2-4-18(16)23-19)15-7-9-20(10-8-15)17-12-13-5-6-14(17)11-13/h1-4,13-15,17H,5-12H2. The van der Waals surface area contributed by atoms with E-state index in [-0.39, 0.29) is 5.76 Å². The monoisotopic (exact) mass is 312 g/mol. The first-order chi connectivity index (χ1) is 11.3. The van der Waals surface area contributed by atoms with Crippen LogP contribution in [0.2, 0.25) is 0 Å². The average Bonchev–Trinajstić information content (AvgIpc) is 3.28. The van der Waals surface area contributed by atoms with Gasteiger partial charge in [-0.05, 0) is 56.1 Å². The molecule has 4 heteroatoms. The highest BCUT2D eigenvalue weighted by Gasteiger charge is 2.43. The summed E-state index contributed by atoms with van der Waals surface area (Å²) in [6, 6.07) is 8.92. The second-order valence-electron chi connectivity index (χ2n) is 7.72. The van der Waals surface area contributed by atoms with Gasteiger partial charge in [-0.15, -0.1) is 0 Å². The van der Waals surface area contributed by atoms with E-state index in [0.717, 1.165) is 49.3 Å². The van der Waals surface area contributed by atoms with Gasteiger partial charge in [-0.1, -0.05) is 18.6 Å². The molecule has 3 aliphatic rings. The van der Waals surface area contributed by atoms with Crippen molar-refractivity contribution in [2.24, 2.45) is 11.8 Å². The van der Waals surface area contributed by atoms with Gasteiger partial charge in [0, 0.05) is 25.2 Å². The minimum absolute atomic E-state index is 0.190. The van der Waals surface area contributed by atoms with E-state index in [4.69, 9.17) is 4.42 Å². The van der Waals surface area contributed by atoms with Crippen LogP contribution in [0.1, 0.15) is 44.6 Å². The lowest BCUT2D eigenvalue weighted by Gasteiger charge is -2.39. The number of hydrogen-bond acceptors (Lipinski definition) is 3. The van der Waals surface area contributed by atoms with Crippen LogP contribution < -0.4 is 5.76 Å². The minimum atomic E-state index is -0.190. The zero-order chi connectivity index (χ0) is 15.4. The molecule has 4 nitrogen and oxygen atoms in total. The molecule has 2 heterocycles. The van der Waals surface area contributed by atoms with Crippen molar-refractivity contribution in [1.82, 2.24) is 9.47 Å². The molecule has 1 aliphatic heterocycles. The molecule has 0 amide bonds. The Balaban J connectivity index is 1.34. The Labute approximate surface area is 136 Å². The Hall–Kier alpha value is -1.55. The van der Waals surface area contributed by atoms with Crippen molar-refractivity contribution in [1.29, 1.82) is 0 Å². The fourth-order valence-electron chi connectivity index (χ4n) is 5.46. The maximum atomic E-state index is 12.3. The molecule has 0 N–H and O–H groups in total. The predicted molar refractivity (Wildman–Crippen MR) is 89.6 cm³/mol. The van der Waals surface area contributed by atoms with Crippen molar-refractivity contribution in [2.75, 3.05) is 13.1 Å². The highest BCUT2D eigenvalue weighted by atomic mass is 16.4. The number of nitrogens with zero attached hydrogens (tertiary/aromatic N) is 2. The van der Waals surface area contributed by atoms with Gasteiger partial charge in [0.05, 0.1) is 5.52 Å². The van der Waals surface area contributed by atoms with E-state index < -0.39 is 0 Å². The van der Waals surface area contributed by atoms with Crippen molar-refractivity contribution < 1.29 is 4.42 Å². The van der Waals surface area contributed by atoms with Crippen molar-refractivity contribution in [2.45, 2.75) is 50.6 Å². The first kappa shape index (κ1) is 13.8. The third kappa shape index (κ3) is 2.18. The summed E-state index contributed by atoms with van der Waals surface area (Å²) in [5.41, 5.74) is 1.67. The highest BCUT2D eigenvalue weighted by Crippen LogP contribution is 2.47. The molecule has 3 unspecified atom stereocenters. The van der Waals surface area contributed by atoms with Gasteiger partial charge in [0.25, 0.3) is 0 Å². The van der Waals surface area contributed by atoms with Crippen LogP contribution in [-0.4, -0.2) is 28.6 Å². The molecule has 5 rings (SSSR count). The molecular weight excluding hydrogens is 288 g/mol. The maximum absolute atomic E-state index is 12.3. The summed E-state index contributed by atoms with van der Waals surface area (Å²) < 4.78 is 7.31. The SMILES string of the molecule is O=c1oc2ccccc2n1C1CCN(C2CC3CCC2C3)CC1. The van der Waals surface area contributed by atoms with Crippen LogP contribution >= 0.6 is 0 Å². The maximum Gasteiger partial charge on any atom is 0.420 e. The summed E-state index contributed by atoms with van der Waals surface area (Å²) >= 11 is 0. The topological polar surface area (TPSA) is 38.4 Å². The second-order valence-corrected chi connectivity index (χ2v) is 7.72. The lowest BCUT2D eigenvalue weighted by atomic mass is 9.91. The average molecular weight is 312 g/mol. The van der Waals surface area contributed by atoms with E-state index >= 15 is 0 Å². The number of fused-ring (bicyclic) bond motifs is 3. The van der Waals surface area contributed by atoms with E-state index in [1.54, 1.807) is 0 Å². The van der Waals surface area contributed by atoms with Crippen LogP contribution in [0.3, 0.4) is 0 Å². The zero-order valence-electron chi connectivity index (χ0n) is 13.5. The Bertz CT molecular complexity index is 769. The fraction of sp³-hybridized carbons (Fsp3) is 0.632. The smallest absolute Gasteiger partial charge is 0.408 e. The molecule has 2 saturated carbocycles. The fourth-order valence-corrected chi connectivity index (χ4v) is 5.46. The Morgan fingerprint density at radius 3 is 2.57 bits per heavy atom. The van der Waals surface area contributed by atoms with Crippen LogP contribution in [0.4, 0.5) is 0 Å². The van der Waals surface area contributed by atoms with Gasteiger partial charge in [-0.2, -0.15) is 0 Å². The molecule has 3 atom stereocenters. The van der Waals surface area contributed by atoms with Gasteiger partial charge in [0.15, 0.2) is 5.58 Å². The van der Waals surface area contributed by atoms with Crippen molar-refractivity contribution in [3.8, 4) is 0 Å². The lowest BCUT2D eigenvalue weighted by molar-refractivity contribution is 0.0979. The number of oxazole rings is 1. The van der Waals surface area contributed by atoms with Crippen LogP contribution in [0.5, 0.6) is 0 Å². The number of likely N-dealkylation sites (tertiary alicyclic amines) is 1. The van der Waals surface area contributed by atoms with E-state index in [1.165, 1.54) is 25.7 Å². The number of piperidine rings is 1. The minimum Gasteiger partial charge on any atom is -0.408 e. The van der Waals surface area contributed by atoms with Gasteiger partial charge >= 0.3 is 5.76 Å². The molecular formula is C19H24N2O2. The number of para-hydroxylation sites is 2. The third-order valence-corrected chi connectivity index (χ3v) is 6.55. The van der Waals surface area contributed by atoms with Crippen molar-refractivity contribution >= 4 is 11.1 Å². The molecule has 23 heavy (non-hydrogen) atoms. The van der Waals surface area contributed by atoms with Crippen LogP contribution in [0, 0.1) is 11.8 Å². The predicted octanol–water partition coefficient (Wildman–Crippen LogP) is 3.42. The molecule has 1 aromatic carbocycles. The molecule has 0 radical (unpaired) electrons. The van der Waals surface area contributed by atoms with E-state index in [0.29, 0.717) is 11.6 Å². The number of hydrogen-bond donors (Lipinski definition) is 0. The van der Waals surface area contributed by atoms with Crippen molar-refractivity contribution in [3.05, 3.63) is 34.8 Å². The lowest BCUT2D eigenvalue weighted by Crippen LogP contribution is -2.45. The van der Waals surface area contributed by atoms with E-state index in [1.807, 2.05) is 28.8 Å². The van der Waals surface area contributed by atoms with Gasteiger partial charge in [0.1, 0.15) is 0 Å². The Kier molecular flexibility index (Phi) is 3.15. The van der Waals surface area contributed by atoms with Gasteiger partial charge in [-0.25, -0.2) is 4.79 Å². The van der Waals surface area contributed by atoms with Crippen molar-refractivity contribution in [3.63, 3.8) is 0 Å². The van der Waals surface area contributed by atoms with E-state index in [9.17, 15) is 4.79 Å². The molecule has 2 aliphatic carbocycles. The molecule has 1 saturated heterocycles. The molecule has 122 valence electrons. The van der Waals surface area contributed by atoms with Crippen LogP contribution in [-0.2, 0) is 0 Å². The summed E-state index contributed by atoms with van der Waals surface area (Å²) in [4.78, 5) is 15.0.